The molecule has 0 radical (unpaired) electrons. The fourth-order valence-corrected chi connectivity index (χ4v) is 9.32. The number of carbonyl (C=O) groups excluding carboxylic acids is 4. The molecule has 0 aromatic rings. The lowest BCUT2D eigenvalue weighted by molar-refractivity contribution is -0.183. The lowest BCUT2D eigenvalue weighted by atomic mass is 9.50. The predicted molar refractivity (Wildman–Crippen MR) is 130 cm³/mol. The number of carbonyl (C=O) groups is 4. The van der Waals surface area contributed by atoms with Crippen LogP contribution in [0.4, 0.5) is 0 Å². The van der Waals surface area contributed by atoms with Gasteiger partial charge in [0.15, 0.2) is 10.9 Å². The Bertz CT molecular complexity index is 896. The molecule has 0 saturated heterocycles. The second-order valence-electron chi connectivity index (χ2n) is 11.1. The first-order valence-electron chi connectivity index (χ1n) is 12.8. The zero-order chi connectivity index (χ0) is 24.7. The van der Waals surface area contributed by atoms with E-state index in [9.17, 15) is 19.2 Å². The van der Waals surface area contributed by atoms with Crippen LogP contribution in [0.25, 0.3) is 0 Å². The molecule has 0 bridgehead atoms. The lowest BCUT2D eigenvalue weighted by Crippen LogP contribution is -2.56. The highest BCUT2D eigenvalue weighted by Gasteiger charge is 2.65. The number of allylic oxidation sites excluding steroid dienone is 1. The maximum atomic E-state index is 12.3. The Labute approximate surface area is 207 Å². The van der Waals surface area contributed by atoms with Crippen LogP contribution in [0.3, 0.4) is 0 Å². The summed E-state index contributed by atoms with van der Waals surface area (Å²) in [6, 6.07) is 0. The number of fused-ring (bicyclic) bond motifs is 5. The first-order chi connectivity index (χ1) is 16.1. The number of esters is 2. The van der Waals surface area contributed by atoms with Gasteiger partial charge in [-0.3, -0.25) is 19.2 Å². The molecule has 0 spiro atoms. The molecule has 3 fully saturated rings. The van der Waals surface area contributed by atoms with Gasteiger partial charge in [-0.1, -0.05) is 24.3 Å². The second kappa shape index (κ2) is 9.79. The minimum absolute atomic E-state index is 0.128. The number of ketones is 1. The summed E-state index contributed by atoms with van der Waals surface area (Å²) in [5.74, 6) is 1.30. The minimum atomic E-state index is -0.571. The van der Waals surface area contributed by atoms with E-state index in [1.54, 1.807) is 6.92 Å². The number of hydrogen-bond donors (Lipinski definition) is 0. The maximum absolute atomic E-state index is 12.3. The standard InChI is InChI=1S/C27H38O6S/c1-16(28)32-13-5-10-27(33-17(2)29)12-9-23-25-22(8-11-26(23,27)4)21-7-6-20(31)14-19(21)15-24(25)34-18(3)30/h14,21-25H,5-13,15H2,1-4H3/t21-,22+,23-,24+,25+,26-,27-/m0/s1. The van der Waals surface area contributed by atoms with Crippen molar-refractivity contribution in [3.63, 3.8) is 0 Å². The van der Waals surface area contributed by atoms with Crippen molar-refractivity contribution < 1.29 is 28.7 Å². The number of ether oxygens (including phenoxy) is 2. The molecule has 7 heteroatoms. The summed E-state index contributed by atoms with van der Waals surface area (Å²) < 4.78 is 11.4. The van der Waals surface area contributed by atoms with Crippen LogP contribution < -0.4 is 0 Å². The van der Waals surface area contributed by atoms with Crippen molar-refractivity contribution in [2.24, 2.45) is 29.1 Å². The molecule has 0 aliphatic heterocycles. The summed E-state index contributed by atoms with van der Waals surface area (Å²) in [6.07, 6.45) is 9.33. The monoisotopic (exact) mass is 490 g/mol. The third-order valence-electron chi connectivity index (χ3n) is 9.27. The normalized spacial score (nSPS) is 38.8. The van der Waals surface area contributed by atoms with Gasteiger partial charge in [-0.2, -0.15) is 0 Å². The fraction of sp³-hybridized carbons (Fsp3) is 0.778. The first-order valence-corrected chi connectivity index (χ1v) is 13.7. The van der Waals surface area contributed by atoms with Gasteiger partial charge in [0.05, 0.1) is 6.61 Å². The SMILES string of the molecule is CC(=O)OCCC[C@]1(OC(C)=O)CC[C@H]2[C@H]3[C@H](CC[C@@]21C)[C@H]1CCC(=O)C=C1C[C@H]3SC(C)=O. The molecule has 4 aliphatic carbocycles. The lowest BCUT2D eigenvalue weighted by Gasteiger charge is -2.58. The number of thioether (sulfide) groups is 1. The van der Waals surface area contributed by atoms with Gasteiger partial charge in [0.2, 0.25) is 0 Å². The molecular weight excluding hydrogens is 452 g/mol. The zero-order valence-corrected chi connectivity index (χ0v) is 21.7. The Morgan fingerprint density at radius 1 is 1.09 bits per heavy atom. The van der Waals surface area contributed by atoms with Gasteiger partial charge in [0, 0.05) is 37.9 Å². The predicted octanol–water partition coefficient (Wildman–Crippen LogP) is 5.03. The van der Waals surface area contributed by atoms with Crippen LogP contribution in [-0.4, -0.2) is 40.3 Å². The van der Waals surface area contributed by atoms with Gasteiger partial charge in [-0.25, -0.2) is 0 Å². The molecule has 7 atom stereocenters. The van der Waals surface area contributed by atoms with Gasteiger partial charge in [-0.05, 0) is 81.1 Å². The molecule has 0 aromatic carbocycles. The first kappa shape index (κ1) is 25.5. The molecule has 0 amide bonds. The fourth-order valence-electron chi connectivity index (χ4n) is 8.07. The van der Waals surface area contributed by atoms with Crippen LogP contribution in [0, 0.1) is 29.1 Å². The van der Waals surface area contributed by atoms with Crippen LogP contribution in [0.5, 0.6) is 0 Å². The topological polar surface area (TPSA) is 86.7 Å². The third kappa shape index (κ3) is 4.61. The molecule has 0 N–H and O–H groups in total. The Balaban J connectivity index is 1.65. The van der Waals surface area contributed by atoms with E-state index in [1.807, 2.05) is 6.08 Å². The molecule has 0 heterocycles. The van der Waals surface area contributed by atoms with E-state index in [1.165, 1.54) is 31.2 Å². The van der Waals surface area contributed by atoms with Crippen molar-refractivity contribution in [2.75, 3.05) is 6.61 Å². The summed E-state index contributed by atoms with van der Waals surface area (Å²) in [7, 11) is 0. The van der Waals surface area contributed by atoms with Crippen LogP contribution in [0.2, 0.25) is 0 Å². The van der Waals surface area contributed by atoms with E-state index >= 15 is 0 Å². The van der Waals surface area contributed by atoms with Crippen molar-refractivity contribution in [3.05, 3.63) is 11.6 Å². The highest BCUT2D eigenvalue weighted by molar-refractivity contribution is 8.14. The van der Waals surface area contributed by atoms with Gasteiger partial charge in [-0.15, -0.1) is 0 Å². The van der Waals surface area contributed by atoms with Gasteiger partial charge < -0.3 is 9.47 Å². The smallest absolute Gasteiger partial charge is 0.303 e. The summed E-state index contributed by atoms with van der Waals surface area (Å²) in [4.78, 5) is 47.9. The molecule has 6 nitrogen and oxygen atoms in total. The zero-order valence-electron chi connectivity index (χ0n) is 20.9. The Morgan fingerprint density at radius 2 is 1.85 bits per heavy atom. The highest BCUT2D eigenvalue weighted by atomic mass is 32.2. The summed E-state index contributed by atoms with van der Waals surface area (Å²) in [5, 5.41) is 0.289. The summed E-state index contributed by atoms with van der Waals surface area (Å²) in [6.45, 7) is 7.16. The van der Waals surface area contributed by atoms with E-state index in [-0.39, 0.29) is 33.5 Å². The molecule has 4 aliphatic rings. The summed E-state index contributed by atoms with van der Waals surface area (Å²) in [5.41, 5.74) is 0.501. The number of hydrogen-bond acceptors (Lipinski definition) is 7. The maximum Gasteiger partial charge on any atom is 0.303 e. The molecule has 34 heavy (non-hydrogen) atoms. The molecule has 0 unspecified atom stereocenters. The summed E-state index contributed by atoms with van der Waals surface area (Å²) >= 11 is 1.45. The molecule has 0 aromatic heterocycles. The van der Waals surface area contributed by atoms with Gasteiger partial charge >= 0.3 is 11.9 Å². The van der Waals surface area contributed by atoms with Crippen LogP contribution in [0.15, 0.2) is 11.6 Å². The Hall–Kier alpha value is -1.63. The van der Waals surface area contributed by atoms with Crippen LogP contribution >= 0.6 is 11.8 Å². The average Bonchev–Trinajstić information content (AvgIpc) is 3.02. The molecule has 3 saturated carbocycles. The molecule has 4 rings (SSSR count). The van der Waals surface area contributed by atoms with Crippen molar-refractivity contribution in [2.45, 2.75) is 96.3 Å². The van der Waals surface area contributed by atoms with Crippen LogP contribution in [-0.2, 0) is 28.7 Å². The van der Waals surface area contributed by atoms with Crippen molar-refractivity contribution >= 4 is 34.6 Å². The van der Waals surface area contributed by atoms with E-state index in [4.69, 9.17) is 9.47 Å². The van der Waals surface area contributed by atoms with E-state index < -0.39 is 5.60 Å². The van der Waals surface area contributed by atoms with Crippen molar-refractivity contribution in [1.29, 1.82) is 0 Å². The van der Waals surface area contributed by atoms with Crippen molar-refractivity contribution in [3.8, 4) is 0 Å². The Kier molecular flexibility index (Phi) is 7.33. The minimum Gasteiger partial charge on any atom is -0.466 e. The third-order valence-corrected chi connectivity index (χ3v) is 10.4. The van der Waals surface area contributed by atoms with E-state index in [0.717, 1.165) is 38.5 Å². The largest absolute Gasteiger partial charge is 0.466 e. The molecule has 188 valence electrons. The number of rotatable bonds is 6. The molecular formula is C27H38O6S. The Morgan fingerprint density at radius 3 is 2.53 bits per heavy atom. The quantitative estimate of drug-likeness (QED) is 0.381. The van der Waals surface area contributed by atoms with Crippen LogP contribution in [0.1, 0.15) is 85.5 Å². The second-order valence-corrected chi connectivity index (χ2v) is 12.5. The van der Waals surface area contributed by atoms with Crippen molar-refractivity contribution in [1.82, 2.24) is 0 Å². The van der Waals surface area contributed by atoms with E-state index in [2.05, 4.69) is 6.92 Å². The average molecular weight is 491 g/mol. The van der Waals surface area contributed by atoms with Gasteiger partial charge in [0.25, 0.3) is 0 Å². The van der Waals surface area contributed by atoms with E-state index in [0.29, 0.717) is 49.5 Å². The van der Waals surface area contributed by atoms with Gasteiger partial charge in [0.1, 0.15) is 5.60 Å². The highest BCUT2D eigenvalue weighted by Crippen LogP contribution is 2.67.